The molecule has 9 nitrogen and oxygen atoms in total. The lowest BCUT2D eigenvalue weighted by Crippen LogP contribution is -2.29. The molecule has 2 aromatic carbocycles. The van der Waals surface area contributed by atoms with Gasteiger partial charge >= 0.3 is 0 Å². The van der Waals surface area contributed by atoms with Crippen molar-refractivity contribution in [2.45, 2.75) is 37.6 Å². The number of ketones is 1. The smallest absolute Gasteiger partial charge is 0.300 e. The second-order valence-electron chi connectivity index (χ2n) is 8.77. The molecular formula is C26H26N2O7S. The van der Waals surface area contributed by atoms with Crippen LogP contribution in [0, 0.1) is 6.92 Å². The number of furan rings is 1. The molecular weight excluding hydrogens is 484 g/mol. The predicted octanol–water partition coefficient (Wildman–Crippen LogP) is 3.99. The Morgan fingerprint density at radius 3 is 2.28 bits per heavy atom. The maximum absolute atomic E-state index is 13.3. The second kappa shape index (κ2) is 9.29. The number of aliphatic hydroxyl groups excluding tert-OH is 1. The standard InChI is InChI=1S/C26H26N2O7S/c1-14(2)19-13-16(6-12-20(19)34-4)24(29)22-23(21-11-5-15(3)35-21)28(26(31)25(22)30)17-7-9-18(10-8-17)36(27,32)33/h5-14,23,29H,1-4H3,(H2,27,32,33)/b24-22-. The van der Waals surface area contributed by atoms with Gasteiger partial charge in [-0.2, -0.15) is 0 Å². The van der Waals surface area contributed by atoms with Crippen LogP contribution in [-0.4, -0.2) is 32.3 Å². The number of benzene rings is 2. The molecule has 0 radical (unpaired) electrons. The maximum Gasteiger partial charge on any atom is 0.300 e. The maximum atomic E-state index is 13.3. The number of nitrogens with two attached hydrogens (primary N) is 1. The van der Waals surface area contributed by atoms with Crippen LogP contribution in [0.5, 0.6) is 5.75 Å². The number of sulfonamides is 1. The molecule has 1 atom stereocenters. The molecule has 1 amide bonds. The van der Waals surface area contributed by atoms with Gasteiger partial charge in [0, 0.05) is 11.3 Å². The summed E-state index contributed by atoms with van der Waals surface area (Å²) < 4.78 is 34.5. The molecule has 4 rings (SSSR count). The van der Waals surface area contributed by atoms with Crippen LogP contribution in [-0.2, 0) is 19.6 Å². The van der Waals surface area contributed by atoms with Gasteiger partial charge in [0.1, 0.15) is 29.1 Å². The number of methoxy groups -OCH3 is 1. The quantitative estimate of drug-likeness (QED) is 0.290. The molecule has 0 spiro atoms. The number of hydrogen-bond donors (Lipinski definition) is 2. The summed E-state index contributed by atoms with van der Waals surface area (Å²) in [6.07, 6.45) is 0. The van der Waals surface area contributed by atoms with Crippen molar-refractivity contribution >= 4 is 33.2 Å². The van der Waals surface area contributed by atoms with Crippen LogP contribution >= 0.6 is 0 Å². The molecule has 3 aromatic rings. The van der Waals surface area contributed by atoms with Crippen LogP contribution in [0.4, 0.5) is 5.69 Å². The average molecular weight is 511 g/mol. The van der Waals surface area contributed by atoms with E-state index in [4.69, 9.17) is 14.3 Å². The molecule has 10 heteroatoms. The highest BCUT2D eigenvalue weighted by atomic mass is 32.2. The van der Waals surface area contributed by atoms with Crippen molar-refractivity contribution in [2.24, 2.45) is 5.14 Å². The van der Waals surface area contributed by atoms with E-state index in [0.717, 1.165) is 5.56 Å². The van der Waals surface area contributed by atoms with Crippen LogP contribution in [0.25, 0.3) is 5.76 Å². The molecule has 0 saturated carbocycles. The van der Waals surface area contributed by atoms with Gasteiger partial charge in [-0.05, 0) is 73.0 Å². The Bertz CT molecular complexity index is 1480. The van der Waals surface area contributed by atoms with Crippen molar-refractivity contribution in [1.29, 1.82) is 0 Å². The Hall–Kier alpha value is -3.89. The zero-order valence-corrected chi connectivity index (χ0v) is 21.0. The Morgan fingerprint density at radius 2 is 1.75 bits per heavy atom. The normalized spacial score (nSPS) is 17.7. The molecule has 1 unspecified atom stereocenters. The van der Waals surface area contributed by atoms with Gasteiger partial charge in [0.2, 0.25) is 10.0 Å². The summed E-state index contributed by atoms with van der Waals surface area (Å²) in [7, 11) is -2.41. The monoisotopic (exact) mass is 510 g/mol. The van der Waals surface area contributed by atoms with Crippen molar-refractivity contribution in [3.8, 4) is 5.75 Å². The SMILES string of the molecule is COc1ccc(/C(O)=C2/C(=O)C(=O)N(c3ccc(S(N)(=O)=O)cc3)C2c2ccc(C)o2)cc1C(C)C. The first-order valence-corrected chi connectivity index (χ1v) is 12.7. The minimum atomic E-state index is -3.96. The van der Waals surface area contributed by atoms with Gasteiger partial charge in [0.15, 0.2) is 0 Å². The summed E-state index contributed by atoms with van der Waals surface area (Å²) in [6.45, 7) is 5.66. The fourth-order valence-electron chi connectivity index (χ4n) is 4.25. The zero-order chi connectivity index (χ0) is 26.4. The van der Waals surface area contributed by atoms with Gasteiger partial charge < -0.3 is 14.3 Å². The number of Topliss-reactive ketones (excluding diaryl/α,β-unsaturated/α-hetero) is 1. The van der Waals surface area contributed by atoms with Crippen molar-refractivity contribution in [3.05, 3.63) is 82.8 Å². The summed E-state index contributed by atoms with van der Waals surface area (Å²) >= 11 is 0. The number of aryl methyl sites for hydroxylation is 1. The van der Waals surface area contributed by atoms with Crippen LogP contribution in [0.3, 0.4) is 0 Å². The van der Waals surface area contributed by atoms with Gasteiger partial charge in [-0.25, -0.2) is 13.6 Å². The highest BCUT2D eigenvalue weighted by Gasteiger charge is 2.48. The van der Waals surface area contributed by atoms with E-state index in [0.29, 0.717) is 17.1 Å². The van der Waals surface area contributed by atoms with Gasteiger partial charge in [0.25, 0.3) is 11.7 Å². The highest BCUT2D eigenvalue weighted by molar-refractivity contribution is 7.89. The molecule has 1 saturated heterocycles. The van der Waals surface area contributed by atoms with E-state index in [1.807, 2.05) is 13.8 Å². The van der Waals surface area contributed by atoms with E-state index >= 15 is 0 Å². The fourth-order valence-corrected chi connectivity index (χ4v) is 4.77. The third kappa shape index (κ3) is 4.40. The molecule has 2 heterocycles. The van der Waals surface area contributed by atoms with Crippen LogP contribution in [0.1, 0.15) is 48.5 Å². The van der Waals surface area contributed by atoms with E-state index in [9.17, 15) is 23.1 Å². The highest BCUT2D eigenvalue weighted by Crippen LogP contribution is 2.43. The van der Waals surface area contributed by atoms with Gasteiger partial charge in [-0.1, -0.05) is 13.8 Å². The Kier molecular flexibility index (Phi) is 6.50. The Balaban J connectivity index is 1.91. The van der Waals surface area contributed by atoms with Crippen LogP contribution in [0.15, 0.2) is 69.5 Å². The minimum absolute atomic E-state index is 0.0657. The van der Waals surface area contributed by atoms with Gasteiger partial charge in [0.05, 0.1) is 17.6 Å². The minimum Gasteiger partial charge on any atom is -0.507 e. The molecule has 0 aliphatic carbocycles. The third-order valence-electron chi connectivity index (χ3n) is 6.04. The lowest BCUT2D eigenvalue weighted by molar-refractivity contribution is -0.132. The van der Waals surface area contributed by atoms with Crippen LogP contribution in [0.2, 0.25) is 0 Å². The zero-order valence-electron chi connectivity index (χ0n) is 20.2. The van der Waals surface area contributed by atoms with Crippen molar-refractivity contribution in [1.82, 2.24) is 0 Å². The number of carbonyl (C=O) groups excluding carboxylic acids is 2. The number of primary sulfonamides is 1. The summed E-state index contributed by atoms with van der Waals surface area (Å²) in [4.78, 5) is 27.5. The number of hydrogen-bond acceptors (Lipinski definition) is 7. The Morgan fingerprint density at radius 1 is 1.08 bits per heavy atom. The first-order valence-electron chi connectivity index (χ1n) is 11.1. The average Bonchev–Trinajstić information content (AvgIpc) is 3.38. The molecule has 1 aliphatic rings. The van der Waals surface area contributed by atoms with Crippen molar-refractivity contribution < 1.29 is 32.3 Å². The van der Waals surface area contributed by atoms with E-state index < -0.39 is 27.8 Å². The summed E-state index contributed by atoms with van der Waals surface area (Å²) in [5.41, 5.74) is 1.25. The van der Waals surface area contributed by atoms with E-state index in [1.54, 1.807) is 44.4 Å². The van der Waals surface area contributed by atoms with Gasteiger partial charge in [-0.15, -0.1) is 0 Å². The molecule has 1 fully saturated rings. The fraction of sp³-hybridized carbons (Fsp3) is 0.231. The number of aliphatic hydroxyl groups is 1. The summed E-state index contributed by atoms with van der Waals surface area (Å²) in [5, 5.41) is 16.5. The predicted molar refractivity (Wildman–Crippen MR) is 133 cm³/mol. The lowest BCUT2D eigenvalue weighted by atomic mass is 9.95. The molecule has 3 N–H and O–H groups in total. The molecule has 188 valence electrons. The summed E-state index contributed by atoms with van der Waals surface area (Å²) in [5.74, 6) is -0.639. The lowest BCUT2D eigenvalue weighted by Gasteiger charge is -2.23. The number of carbonyl (C=O) groups is 2. The van der Waals surface area contributed by atoms with E-state index in [1.165, 1.54) is 29.2 Å². The van der Waals surface area contributed by atoms with Crippen molar-refractivity contribution in [3.63, 3.8) is 0 Å². The number of anilines is 1. The molecule has 36 heavy (non-hydrogen) atoms. The number of ether oxygens (including phenoxy) is 1. The molecule has 1 aromatic heterocycles. The topological polar surface area (TPSA) is 140 Å². The first-order chi connectivity index (χ1) is 16.9. The molecule has 1 aliphatic heterocycles. The molecule has 0 bridgehead atoms. The van der Waals surface area contributed by atoms with E-state index in [2.05, 4.69) is 0 Å². The second-order valence-corrected chi connectivity index (χ2v) is 10.3. The Labute approximate surface area is 208 Å². The number of nitrogens with zero attached hydrogens (tertiary/aromatic N) is 1. The van der Waals surface area contributed by atoms with Crippen LogP contribution < -0.4 is 14.8 Å². The van der Waals surface area contributed by atoms with Gasteiger partial charge in [-0.3, -0.25) is 14.5 Å². The third-order valence-corrected chi connectivity index (χ3v) is 6.97. The van der Waals surface area contributed by atoms with Crippen molar-refractivity contribution in [2.75, 3.05) is 12.0 Å². The number of amides is 1. The first kappa shape index (κ1) is 25.2. The number of rotatable bonds is 6. The van der Waals surface area contributed by atoms with E-state index in [-0.39, 0.29) is 33.6 Å². The largest absolute Gasteiger partial charge is 0.507 e. The summed E-state index contributed by atoms with van der Waals surface area (Å²) in [6, 6.07) is 12.5.